The highest BCUT2D eigenvalue weighted by molar-refractivity contribution is 14.0. The van der Waals surface area contributed by atoms with Crippen LogP contribution in [0.3, 0.4) is 0 Å². The summed E-state index contributed by atoms with van der Waals surface area (Å²) in [6.45, 7) is 4.30. The molecule has 0 aliphatic carbocycles. The minimum Gasteiger partial charge on any atom is -0.370 e. The van der Waals surface area contributed by atoms with Crippen molar-refractivity contribution in [3.05, 3.63) is 59.8 Å². The van der Waals surface area contributed by atoms with Gasteiger partial charge in [0.15, 0.2) is 5.96 Å². The van der Waals surface area contributed by atoms with Crippen LogP contribution in [-0.4, -0.2) is 30.6 Å². The Hall–Kier alpha value is -1.97. The molecule has 2 rings (SSSR count). The number of halogens is 3. The van der Waals surface area contributed by atoms with Gasteiger partial charge in [0, 0.05) is 31.4 Å². The van der Waals surface area contributed by atoms with Gasteiger partial charge in [-0.3, -0.25) is 0 Å². The number of hydrogen-bond acceptors (Lipinski definition) is 3. The molecular weight excluding hydrogens is 463 g/mol. The Morgan fingerprint density at radius 1 is 1.07 bits per heavy atom. The molecular formula is C19H26F2IN5. The molecule has 0 amide bonds. The van der Waals surface area contributed by atoms with Gasteiger partial charge in [-0.1, -0.05) is 6.07 Å². The lowest BCUT2D eigenvalue weighted by Crippen LogP contribution is -2.37. The molecule has 0 saturated carbocycles. The Kier molecular flexibility index (Phi) is 11.3. The topological polar surface area (TPSA) is 61.3 Å². The van der Waals surface area contributed by atoms with Gasteiger partial charge in [-0.15, -0.1) is 24.0 Å². The van der Waals surface area contributed by atoms with Gasteiger partial charge in [-0.2, -0.15) is 0 Å². The number of benzene rings is 1. The number of guanidine groups is 1. The van der Waals surface area contributed by atoms with Crippen molar-refractivity contribution >= 4 is 35.8 Å². The first-order chi connectivity index (χ1) is 12.7. The van der Waals surface area contributed by atoms with Gasteiger partial charge in [0.2, 0.25) is 0 Å². The van der Waals surface area contributed by atoms with Crippen molar-refractivity contribution in [2.45, 2.75) is 26.3 Å². The van der Waals surface area contributed by atoms with Crippen molar-refractivity contribution in [3.8, 4) is 0 Å². The number of aliphatic imine (C=N–C) groups is 1. The van der Waals surface area contributed by atoms with Crippen LogP contribution in [-0.2, 0) is 6.54 Å². The fourth-order valence-electron chi connectivity index (χ4n) is 2.31. The average molecular weight is 489 g/mol. The van der Waals surface area contributed by atoms with E-state index in [0.717, 1.165) is 43.9 Å². The highest BCUT2D eigenvalue weighted by atomic mass is 127. The molecule has 0 saturated heterocycles. The van der Waals surface area contributed by atoms with Crippen molar-refractivity contribution in [2.75, 3.05) is 25.0 Å². The fraction of sp³-hybridized carbons (Fsp3) is 0.368. The maximum atomic E-state index is 13.6. The zero-order chi connectivity index (χ0) is 18.6. The van der Waals surface area contributed by atoms with Crippen molar-refractivity contribution in [1.29, 1.82) is 0 Å². The molecule has 8 heteroatoms. The molecule has 0 aliphatic heterocycles. The van der Waals surface area contributed by atoms with E-state index in [0.29, 0.717) is 12.5 Å². The quantitative estimate of drug-likeness (QED) is 0.216. The maximum absolute atomic E-state index is 13.6. The van der Waals surface area contributed by atoms with Gasteiger partial charge in [0.05, 0.1) is 6.54 Å². The van der Waals surface area contributed by atoms with E-state index in [-0.39, 0.29) is 36.1 Å². The molecule has 0 atom stereocenters. The summed E-state index contributed by atoms with van der Waals surface area (Å²) in [5.41, 5.74) is 0.238. The number of nitrogens with zero attached hydrogens (tertiary/aromatic N) is 2. The third-order valence-corrected chi connectivity index (χ3v) is 3.63. The Bertz CT molecular complexity index is 698. The monoisotopic (exact) mass is 489 g/mol. The van der Waals surface area contributed by atoms with E-state index in [2.05, 4.69) is 25.9 Å². The first-order valence-corrected chi connectivity index (χ1v) is 8.80. The van der Waals surface area contributed by atoms with Crippen LogP contribution in [0.2, 0.25) is 0 Å². The van der Waals surface area contributed by atoms with Crippen LogP contribution in [0.25, 0.3) is 0 Å². The Morgan fingerprint density at radius 3 is 2.63 bits per heavy atom. The molecule has 1 heterocycles. The van der Waals surface area contributed by atoms with Crippen LogP contribution in [0.4, 0.5) is 14.6 Å². The molecule has 0 aliphatic rings. The highest BCUT2D eigenvalue weighted by Gasteiger charge is 2.04. The predicted molar refractivity (Wildman–Crippen MR) is 117 cm³/mol. The molecule has 0 radical (unpaired) electrons. The Balaban J connectivity index is 0.00000364. The second-order valence-corrected chi connectivity index (χ2v) is 5.71. The van der Waals surface area contributed by atoms with Crippen LogP contribution in [0, 0.1) is 11.6 Å². The fourth-order valence-corrected chi connectivity index (χ4v) is 2.31. The first kappa shape index (κ1) is 23.1. The number of aromatic nitrogens is 1. The van der Waals surface area contributed by atoms with Gasteiger partial charge in [0.25, 0.3) is 0 Å². The SMILES string of the molecule is CCNC(=NCc1cc(F)ccc1F)NCCCCNc1ccccn1.I. The largest absolute Gasteiger partial charge is 0.370 e. The second-order valence-electron chi connectivity index (χ2n) is 5.71. The smallest absolute Gasteiger partial charge is 0.191 e. The van der Waals surface area contributed by atoms with Crippen molar-refractivity contribution < 1.29 is 8.78 Å². The summed E-state index contributed by atoms with van der Waals surface area (Å²) in [6.07, 6.45) is 3.67. The molecule has 1 aromatic carbocycles. The average Bonchev–Trinajstić information content (AvgIpc) is 2.65. The van der Waals surface area contributed by atoms with Gasteiger partial charge in [-0.25, -0.2) is 18.8 Å². The molecule has 0 unspecified atom stereocenters. The van der Waals surface area contributed by atoms with E-state index >= 15 is 0 Å². The molecule has 1 aromatic heterocycles. The summed E-state index contributed by atoms with van der Waals surface area (Å²) >= 11 is 0. The number of nitrogens with one attached hydrogen (secondary N) is 3. The standard InChI is InChI=1S/C19H25F2N5.HI/c1-2-22-19(26-14-15-13-16(20)8-9-17(15)21)25-12-6-5-11-24-18-7-3-4-10-23-18;/h3-4,7-10,13H,2,5-6,11-12,14H2,1H3,(H,23,24)(H2,22,25,26);1H. The Labute approximate surface area is 176 Å². The summed E-state index contributed by atoms with van der Waals surface area (Å²) in [4.78, 5) is 8.52. The molecule has 0 spiro atoms. The second kappa shape index (κ2) is 13.2. The summed E-state index contributed by atoms with van der Waals surface area (Å²) in [5, 5.41) is 9.56. The van der Waals surface area contributed by atoms with Gasteiger partial charge < -0.3 is 16.0 Å². The van der Waals surface area contributed by atoms with E-state index in [1.54, 1.807) is 6.20 Å². The van der Waals surface area contributed by atoms with Gasteiger partial charge in [-0.05, 0) is 50.1 Å². The van der Waals surface area contributed by atoms with Crippen LogP contribution in [0.15, 0.2) is 47.6 Å². The Morgan fingerprint density at radius 2 is 1.89 bits per heavy atom. The van der Waals surface area contributed by atoms with Crippen LogP contribution in [0.1, 0.15) is 25.3 Å². The van der Waals surface area contributed by atoms with E-state index in [9.17, 15) is 8.78 Å². The number of anilines is 1. The van der Waals surface area contributed by atoms with Crippen molar-refractivity contribution in [1.82, 2.24) is 15.6 Å². The molecule has 0 bridgehead atoms. The van der Waals surface area contributed by atoms with E-state index in [1.807, 2.05) is 25.1 Å². The van der Waals surface area contributed by atoms with Gasteiger partial charge in [0.1, 0.15) is 17.5 Å². The maximum Gasteiger partial charge on any atom is 0.191 e. The molecule has 3 N–H and O–H groups in total. The summed E-state index contributed by atoms with van der Waals surface area (Å²) in [5.74, 6) is 0.544. The van der Waals surface area contributed by atoms with Crippen molar-refractivity contribution in [3.63, 3.8) is 0 Å². The first-order valence-electron chi connectivity index (χ1n) is 8.80. The lowest BCUT2D eigenvalue weighted by atomic mass is 10.2. The lowest BCUT2D eigenvalue weighted by molar-refractivity contribution is 0.585. The van der Waals surface area contributed by atoms with E-state index in [4.69, 9.17) is 0 Å². The minimum atomic E-state index is -0.463. The van der Waals surface area contributed by atoms with Crippen LogP contribution >= 0.6 is 24.0 Å². The van der Waals surface area contributed by atoms with Gasteiger partial charge >= 0.3 is 0 Å². The van der Waals surface area contributed by atoms with E-state index in [1.165, 1.54) is 6.07 Å². The van der Waals surface area contributed by atoms with Crippen molar-refractivity contribution in [2.24, 2.45) is 4.99 Å². The minimum absolute atomic E-state index is 0. The third kappa shape index (κ3) is 8.98. The molecule has 5 nitrogen and oxygen atoms in total. The summed E-state index contributed by atoms with van der Waals surface area (Å²) in [7, 11) is 0. The molecule has 27 heavy (non-hydrogen) atoms. The summed E-state index contributed by atoms with van der Waals surface area (Å²) < 4.78 is 26.9. The molecule has 148 valence electrons. The normalized spacial score (nSPS) is 10.9. The zero-order valence-electron chi connectivity index (χ0n) is 15.3. The third-order valence-electron chi connectivity index (χ3n) is 3.63. The number of pyridine rings is 1. The number of hydrogen-bond donors (Lipinski definition) is 3. The molecule has 0 fully saturated rings. The number of rotatable bonds is 9. The predicted octanol–water partition coefficient (Wildman–Crippen LogP) is 3.93. The van der Waals surface area contributed by atoms with E-state index < -0.39 is 11.6 Å². The lowest BCUT2D eigenvalue weighted by Gasteiger charge is -2.11. The molecule has 2 aromatic rings. The van der Waals surface area contributed by atoms with Crippen LogP contribution in [0.5, 0.6) is 0 Å². The highest BCUT2D eigenvalue weighted by Crippen LogP contribution is 2.10. The zero-order valence-corrected chi connectivity index (χ0v) is 17.7. The number of unbranched alkanes of at least 4 members (excludes halogenated alkanes) is 1. The van der Waals surface area contributed by atoms with Crippen LogP contribution < -0.4 is 16.0 Å². The summed E-state index contributed by atoms with van der Waals surface area (Å²) in [6, 6.07) is 9.15.